The first-order chi connectivity index (χ1) is 11.3. The Balaban J connectivity index is 2.41. The van der Waals surface area contributed by atoms with E-state index >= 15 is 0 Å². The van der Waals surface area contributed by atoms with Gasteiger partial charge in [-0.25, -0.2) is 0 Å². The molecule has 0 radical (unpaired) electrons. The predicted molar refractivity (Wildman–Crippen MR) is 83.6 cm³/mol. The molecular weight excluding hydrogens is 312 g/mol. The summed E-state index contributed by atoms with van der Waals surface area (Å²) in [5, 5.41) is 49.4. The van der Waals surface area contributed by atoms with Crippen LogP contribution in [-0.2, 0) is 0 Å². The minimum Gasteiger partial charge on any atom is -0.871 e. The van der Waals surface area contributed by atoms with E-state index in [4.69, 9.17) is 5.26 Å². The molecule has 24 heavy (non-hydrogen) atoms. The number of hydrogen-bond acceptors (Lipinski definition) is 7. The third-order valence-corrected chi connectivity index (χ3v) is 3.30. The van der Waals surface area contributed by atoms with Crippen LogP contribution in [0.1, 0.15) is 30.9 Å². The molecule has 0 spiro atoms. The standard InChI is InChI=1S/C16H14N4O4/c1-9(2)15-14(21)6-4-12(16(15)22)19-18-11-3-5-13(20(23)24)10(7-11)8-17/h3-7,9,21-22H,1-2H3/p-1. The summed E-state index contributed by atoms with van der Waals surface area (Å²) in [5.74, 6) is -0.718. The van der Waals surface area contributed by atoms with Crippen molar-refractivity contribution >= 4 is 17.1 Å². The molecule has 0 aliphatic rings. The molecule has 1 N–H and O–H groups in total. The molecule has 0 fully saturated rings. The molecule has 0 atom stereocenters. The number of hydrogen-bond donors (Lipinski definition) is 1. The maximum atomic E-state index is 12.3. The molecule has 2 aromatic rings. The second-order valence-electron chi connectivity index (χ2n) is 5.27. The number of azo groups is 1. The molecule has 0 bridgehead atoms. The molecule has 0 saturated carbocycles. The van der Waals surface area contributed by atoms with E-state index in [-0.39, 0.29) is 39.9 Å². The van der Waals surface area contributed by atoms with Crippen LogP contribution in [0, 0.1) is 21.4 Å². The Morgan fingerprint density at radius 3 is 2.54 bits per heavy atom. The zero-order valence-corrected chi connectivity index (χ0v) is 12.9. The van der Waals surface area contributed by atoms with Crippen molar-refractivity contribution in [3.05, 3.63) is 51.6 Å². The van der Waals surface area contributed by atoms with Crippen LogP contribution in [0.4, 0.5) is 17.1 Å². The Morgan fingerprint density at radius 1 is 1.25 bits per heavy atom. The van der Waals surface area contributed by atoms with Crippen molar-refractivity contribution in [1.29, 1.82) is 5.26 Å². The van der Waals surface area contributed by atoms with Crippen LogP contribution in [0.15, 0.2) is 40.6 Å². The first-order valence-corrected chi connectivity index (χ1v) is 6.98. The smallest absolute Gasteiger partial charge is 0.287 e. The number of benzene rings is 2. The largest absolute Gasteiger partial charge is 0.871 e. The Kier molecular flexibility index (Phi) is 4.75. The lowest BCUT2D eigenvalue weighted by Gasteiger charge is -2.19. The molecule has 0 aromatic heterocycles. The topological polar surface area (TPSA) is 135 Å². The van der Waals surface area contributed by atoms with Gasteiger partial charge in [0.2, 0.25) is 0 Å². The molecule has 2 aromatic carbocycles. The van der Waals surface area contributed by atoms with Gasteiger partial charge in [0.05, 0.1) is 16.3 Å². The van der Waals surface area contributed by atoms with Crippen molar-refractivity contribution in [3.8, 4) is 17.6 Å². The van der Waals surface area contributed by atoms with Crippen LogP contribution in [0.25, 0.3) is 0 Å². The quantitative estimate of drug-likeness (QED) is 0.518. The summed E-state index contributed by atoms with van der Waals surface area (Å²) in [4.78, 5) is 10.1. The Morgan fingerprint density at radius 2 is 1.96 bits per heavy atom. The van der Waals surface area contributed by atoms with E-state index in [1.54, 1.807) is 19.9 Å². The van der Waals surface area contributed by atoms with Crippen LogP contribution in [-0.4, -0.2) is 10.0 Å². The van der Waals surface area contributed by atoms with Crippen LogP contribution >= 0.6 is 0 Å². The summed E-state index contributed by atoms with van der Waals surface area (Å²) in [7, 11) is 0. The Bertz CT molecular complexity index is 869. The van der Waals surface area contributed by atoms with Crippen molar-refractivity contribution in [3.63, 3.8) is 0 Å². The molecule has 8 nitrogen and oxygen atoms in total. The first-order valence-electron chi connectivity index (χ1n) is 6.98. The van der Waals surface area contributed by atoms with Gasteiger partial charge in [-0.05, 0) is 35.7 Å². The lowest BCUT2D eigenvalue weighted by atomic mass is 10.00. The minimum absolute atomic E-state index is 0.0355. The third-order valence-electron chi connectivity index (χ3n) is 3.30. The summed E-state index contributed by atoms with van der Waals surface area (Å²) >= 11 is 0. The molecule has 0 amide bonds. The minimum atomic E-state index is -0.663. The first kappa shape index (κ1) is 16.9. The number of nitro benzene ring substituents is 1. The predicted octanol–water partition coefficient (Wildman–Crippen LogP) is 3.78. The highest BCUT2D eigenvalue weighted by atomic mass is 16.6. The van der Waals surface area contributed by atoms with Crippen molar-refractivity contribution < 1.29 is 15.1 Å². The van der Waals surface area contributed by atoms with E-state index in [1.807, 2.05) is 0 Å². The highest BCUT2D eigenvalue weighted by Gasteiger charge is 2.14. The average Bonchev–Trinajstić information content (AvgIpc) is 2.53. The van der Waals surface area contributed by atoms with Gasteiger partial charge in [-0.2, -0.15) is 15.5 Å². The summed E-state index contributed by atoms with van der Waals surface area (Å²) in [6.07, 6.45) is 0. The number of nitrogens with zero attached hydrogens (tertiary/aromatic N) is 4. The Labute approximate surface area is 137 Å². The van der Waals surface area contributed by atoms with Gasteiger partial charge in [0.1, 0.15) is 17.4 Å². The maximum absolute atomic E-state index is 12.3. The second kappa shape index (κ2) is 6.75. The van der Waals surface area contributed by atoms with Crippen molar-refractivity contribution in [2.24, 2.45) is 10.2 Å². The van der Waals surface area contributed by atoms with Gasteiger partial charge in [0, 0.05) is 6.07 Å². The molecule has 0 aliphatic carbocycles. The van der Waals surface area contributed by atoms with Gasteiger partial charge in [0.25, 0.3) is 5.69 Å². The number of aromatic hydroxyl groups is 1. The van der Waals surface area contributed by atoms with E-state index in [0.717, 1.165) is 6.07 Å². The van der Waals surface area contributed by atoms with E-state index in [1.165, 1.54) is 24.3 Å². The maximum Gasteiger partial charge on any atom is 0.287 e. The number of phenolic OH excluding ortho intramolecular Hbond substituents is 1. The summed E-state index contributed by atoms with van der Waals surface area (Å²) in [6, 6.07) is 8.12. The average molecular weight is 325 g/mol. The lowest BCUT2D eigenvalue weighted by Crippen LogP contribution is -1.99. The molecule has 0 saturated heterocycles. The second-order valence-corrected chi connectivity index (χ2v) is 5.27. The van der Waals surface area contributed by atoms with Gasteiger partial charge < -0.3 is 10.2 Å². The molecule has 2 rings (SSSR count). The summed E-state index contributed by atoms with van der Waals surface area (Å²) in [5.41, 5.74) is 0.0111. The third kappa shape index (κ3) is 3.30. The SMILES string of the molecule is CC(C)c1c(O)ccc(N=Nc2ccc([N+](=O)[O-])c(C#N)c2)c1[O-]. The van der Waals surface area contributed by atoms with E-state index < -0.39 is 10.7 Å². The van der Waals surface area contributed by atoms with Crippen molar-refractivity contribution in [1.82, 2.24) is 0 Å². The van der Waals surface area contributed by atoms with Gasteiger partial charge in [-0.1, -0.05) is 19.6 Å². The van der Waals surface area contributed by atoms with Crippen LogP contribution < -0.4 is 5.11 Å². The van der Waals surface area contributed by atoms with Crippen LogP contribution in [0.5, 0.6) is 11.5 Å². The monoisotopic (exact) mass is 325 g/mol. The molecule has 122 valence electrons. The molecule has 0 unspecified atom stereocenters. The van der Waals surface area contributed by atoms with Crippen molar-refractivity contribution in [2.75, 3.05) is 0 Å². The van der Waals surface area contributed by atoms with Gasteiger partial charge in [-0.15, -0.1) is 0 Å². The molecular formula is C16H13N4O4-. The van der Waals surface area contributed by atoms with Crippen LogP contribution in [0.3, 0.4) is 0 Å². The van der Waals surface area contributed by atoms with E-state index in [9.17, 15) is 20.3 Å². The summed E-state index contributed by atoms with van der Waals surface area (Å²) < 4.78 is 0. The van der Waals surface area contributed by atoms with Gasteiger partial charge in [-0.3, -0.25) is 10.1 Å². The van der Waals surface area contributed by atoms with Gasteiger partial charge in [0.15, 0.2) is 0 Å². The molecule has 0 aliphatic heterocycles. The highest BCUT2D eigenvalue weighted by Crippen LogP contribution is 2.39. The number of phenols is 1. The Hall–Kier alpha value is -3.47. The fourth-order valence-corrected chi connectivity index (χ4v) is 2.16. The molecule has 8 heteroatoms. The molecule has 0 heterocycles. The zero-order valence-electron chi connectivity index (χ0n) is 12.9. The van der Waals surface area contributed by atoms with Gasteiger partial charge >= 0.3 is 0 Å². The van der Waals surface area contributed by atoms with E-state index in [2.05, 4.69) is 10.2 Å². The zero-order chi connectivity index (χ0) is 17.9. The number of nitriles is 1. The normalized spacial score (nSPS) is 10.9. The number of nitro groups is 1. The number of rotatable bonds is 4. The van der Waals surface area contributed by atoms with E-state index in [0.29, 0.717) is 0 Å². The van der Waals surface area contributed by atoms with Crippen LogP contribution in [0.2, 0.25) is 0 Å². The lowest BCUT2D eigenvalue weighted by molar-refractivity contribution is -0.385. The van der Waals surface area contributed by atoms with Crippen molar-refractivity contribution in [2.45, 2.75) is 19.8 Å². The highest BCUT2D eigenvalue weighted by molar-refractivity contribution is 5.61. The fourth-order valence-electron chi connectivity index (χ4n) is 2.16. The fraction of sp³-hybridized carbons (Fsp3) is 0.188. The summed E-state index contributed by atoms with van der Waals surface area (Å²) in [6.45, 7) is 3.54.